The van der Waals surface area contributed by atoms with Crippen LogP contribution in [0.15, 0.2) is 31.1 Å². The number of aromatic nitrogens is 2. The molecule has 27 heavy (non-hydrogen) atoms. The summed E-state index contributed by atoms with van der Waals surface area (Å²) >= 11 is 0. The number of rotatable bonds is 6. The van der Waals surface area contributed by atoms with Gasteiger partial charge in [-0.1, -0.05) is 6.58 Å². The van der Waals surface area contributed by atoms with Crippen LogP contribution in [0.5, 0.6) is 5.75 Å². The Morgan fingerprint density at radius 3 is 2.81 bits per heavy atom. The molecule has 2 fully saturated rings. The summed E-state index contributed by atoms with van der Waals surface area (Å²) in [7, 11) is 0. The van der Waals surface area contributed by atoms with E-state index >= 15 is 0 Å². The average Bonchev–Trinajstić information content (AvgIpc) is 3.43. The third kappa shape index (κ3) is 3.97. The van der Waals surface area contributed by atoms with Gasteiger partial charge in [0, 0.05) is 44.1 Å². The van der Waals surface area contributed by atoms with Gasteiger partial charge in [-0.25, -0.2) is 4.98 Å². The molecule has 2 aromatic rings. The first-order valence-corrected chi connectivity index (χ1v) is 9.47. The highest BCUT2D eigenvalue weighted by Gasteiger charge is 2.24. The van der Waals surface area contributed by atoms with Gasteiger partial charge in [0.1, 0.15) is 17.5 Å². The number of aromatic amines is 1. The van der Waals surface area contributed by atoms with E-state index < -0.39 is 0 Å². The first-order chi connectivity index (χ1) is 13.1. The normalized spacial score (nSPS) is 17.7. The first kappa shape index (κ1) is 17.6. The van der Waals surface area contributed by atoms with Crippen LogP contribution >= 0.6 is 0 Å². The van der Waals surface area contributed by atoms with Crippen LogP contribution in [0.4, 0.5) is 0 Å². The highest BCUT2D eigenvalue weighted by Crippen LogP contribution is 2.28. The minimum absolute atomic E-state index is 0.0317. The second kappa shape index (κ2) is 7.42. The van der Waals surface area contributed by atoms with Gasteiger partial charge < -0.3 is 19.9 Å². The van der Waals surface area contributed by atoms with Crippen molar-refractivity contribution in [3.63, 3.8) is 0 Å². The number of nitrogens with zero attached hydrogens (tertiary/aromatic N) is 2. The van der Waals surface area contributed by atoms with E-state index in [2.05, 4.69) is 21.9 Å². The van der Waals surface area contributed by atoms with Crippen LogP contribution in [0, 0.1) is 5.92 Å². The van der Waals surface area contributed by atoms with E-state index in [4.69, 9.17) is 4.74 Å². The van der Waals surface area contributed by atoms with E-state index in [1.54, 1.807) is 17.3 Å². The lowest BCUT2D eigenvalue weighted by molar-refractivity contribution is -0.127. The predicted molar refractivity (Wildman–Crippen MR) is 102 cm³/mol. The Labute approximate surface area is 157 Å². The molecule has 1 saturated heterocycles. The van der Waals surface area contributed by atoms with Crippen LogP contribution in [0.2, 0.25) is 0 Å². The summed E-state index contributed by atoms with van der Waals surface area (Å²) in [5.41, 5.74) is 1.26. The number of piperidine rings is 1. The van der Waals surface area contributed by atoms with Crippen molar-refractivity contribution in [3.8, 4) is 5.75 Å². The number of carbonyl (C=O) groups excluding carboxylic acids is 2. The van der Waals surface area contributed by atoms with Gasteiger partial charge >= 0.3 is 0 Å². The zero-order chi connectivity index (χ0) is 18.8. The van der Waals surface area contributed by atoms with Gasteiger partial charge in [0.2, 0.25) is 5.91 Å². The molecule has 0 bridgehead atoms. The fourth-order valence-corrected chi connectivity index (χ4v) is 3.41. The molecule has 0 atom stereocenters. The Hall–Kier alpha value is -2.83. The smallest absolute Gasteiger partial charge is 0.253 e. The summed E-state index contributed by atoms with van der Waals surface area (Å²) in [6.45, 7) is 5.58. The van der Waals surface area contributed by atoms with Crippen molar-refractivity contribution in [1.29, 1.82) is 0 Å². The highest BCUT2D eigenvalue weighted by atomic mass is 16.5. The molecule has 0 radical (unpaired) electrons. The number of hydrogen-bond acceptors (Lipinski definition) is 4. The minimum atomic E-state index is -0.0802. The maximum atomic E-state index is 12.4. The highest BCUT2D eigenvalue weighted by molar-refractivity contribution is 6.06. The van der Waals surface area contributed by atoms with Gasteiger partial charge in [0.05, 0.1) is 11.8 Å². The van der Waals surface area contributed by atoms with Crippen molar-refractivity contribution in [2.75, 3.05) is 19.6 Å². The van der Waals surface area contributed by atoms with Crippen molar-refractivity contribution >= 4 is 22.8 Å². The molecule has 2 aliphatic rings. The van der Waals surface area contributed by atoms with Crippen molar-refractivity contribution in [2.24, 2.45) is 5.92 Å². The van der Waals surface area contributed by atoms with E-state index in [1.165, 1.54) is 18.9 Å². The number of hydrogen-bond donors (Lipinski definition) is 2. The maximum absolute atomic E-state index is 12.4. The molecule has 1 aliphatic carbocycles. The van der Waals surface area contributed by atoms with E-state index in [0.717, 1.165) is 24.8 Å². The van der Waals surface area contributed by atoms with E-state index in [-0.39, 0.29) is 17.9 Å². The quantitative estimate of drug-likeness (QED) is 0.766. The average molecular weight is 368 g/mol. The van der Waals surface area contributed by atoms with Crippen molar-refractivity contribution in [3.05, 3.63) is 36.7 Å². The zero-order valence-electron chi connectivity index (χ0n) is 15.2. The van der Waals surface area contributed by atoms with Crippen molar-refractivity contribution < 1.29 is 14.3 Å². The summed E-state index contributed by atoms with van der Waals surface area (Å²) in [5, 5.41) is 3.75. The minimum Gasteiger partial charge on any atom is -0.489 e. The molecular weight excluding hydrogens is 344 g/mol. The molecule has 2 amide bonds. The van der Waals surface area contributed by atoms with E-state index in [0.29, 0.717) is 36.0 Å². The van der Waals surface area contributed by atoms with Gasteiger partial charge in [-0.2, -0.15) is 0 Å². The molecule has 1 aliphatic heterocycles. The van der Waals surface area contributed by atoms with Crippen LogP contribution in [0.25, 0.3) is 11.0 Å². The van der Waals surface area contributed by atoms with E-state index in [1.807, 2.05) is 6.07 Å². The summed E-state index contributed by atoms with van der Waals surface area (Å²) in [4.78, 5) is 33.3. The summed E-state index contributed by atoms with van der Waals surface area (Å²) in [6.07, 6.45) is 8.68. The molecule has 0 unspecified atom stereocenters. The topological polar surface area (TPSA) is 87.3 Å². The molecule has 7 nitrogen and oxygen atoms in total. The van der Waals surface area contributed by atoms with E-state index in [9.17, 15) is 9.59 Å². The lowest BCUT2D eigenvalue weighted by Crippen LogP contribution is -2.41. The molecule has 2 aromatic heterocycles. The molecule has 4 rings (SSSR count). The fourth-order valence-electron chi connectivity index (χ4n) is 3.41. The molecule has 0 aromatic carbocycles. The molecule has 2 N–H and O–H groups in total. The van der Waals surface area contributed by atoms with Gasteiger partial charge in [0.15, 0.2) is 0 Å². The number of ether oxygens (including phenoxy) is 1. The zero-order valence-corrected chi connectivity index (χ0v) is 15.2. The standard InChI is InChI=1S/C20H24N4O3/c1-2-18(25)24-7-5-14(6-8-24)27-15-9-16-17(12-22-19(16)21-11-15)20(26)23-10-13-3-4-13/h2,9,11-14H,1,3-8,10H2,(H,21,22)(H,23,26). The van der Waals surface area contributed by atoms with Gasteiger partial charge in [-0.15, -0.1) is 0 Å². The SMILES string of the molecule is C=CC(=O)N1CCC(Oc2cnc3[nH]cc(C(=O)NCC4CC4)c3c2)CC1. The number of carbonyl (C=O) groups is 2. The Morgan fingerprint density at radius 2 is 2.11 bits per heavy atom. The van der Waals surface area contributed by atoms with Gasteiger partial charge in [0.25, 0.3) is 5.91 Å². The fraction of sp³-hybridized carbons (Fsp3) is 0.450. The van der Waals surface area contributed by atoms with Crippen LogP contribution in [-0.4, -0.2) is 52.4 Å². The number of H-pyrrole nitrogens is 1. The predicted octanol–water partition coefficient (Wildman–Crippen LogP) is 2.26. The van der Waals surface area contributed by atoms with Crippen LogP contribution in [0.1, 0.15) is 36.0 Å². The second-order valence-electron chi connectivity index (χ2n) is 7.27. The van der Waals surface area contributed by atoms with Crippen LogP contribution in [0.3, 0.4) is 0 Å². The number of likely N-dealkylation sites (tertiary alicyclic amines) is 1. The summed E-state index contributed by atoms with van der Waals surface area (Å²) in [6, 6.07) is 1.87. The molecule has 7 heteroatoms. The monoisotopic (exact) mass is 368 g/mol. The maximum Gasteiger partial charge on any atom is 0.253 e. The lowest BCUT2D eigenvalue weighted by atomic mass is 10.1. The third-order valence-corrected chi connectivity index (χ3v) is 5.23. The Bertz CT molecular complexity index is 863. The van der Waals surface area contributed by atoms with Crippen molar-refractivity contribution in [1.82, 2.24) is 20.2 Å². The van der Waals surface area contributed by atoms with Crippen LogP contribution in [-0.2, 0) is 4.79 Å². The molecule has 3 heterocycles. The molecular formula is C20H24N4O3. The number of pyridine rings is 1. The van der Waals surface area contributed by atoms with Crippen molar-refractivity contribution in [2.45, 2.75) is 31.8 Å². The Kier molecular flexibility index (Phi) is 4.83. The third-order valence-electron chi connectivity index (χ3n) is 5.23. The molecule has 0 spiro atoms. The van der Waals surface area contributed by atoms with Crippen LogP contribution < -0.4 is 10.1 Å². The van der Waals surface area contributed by atoms with Gasteiger partial charge in [-0.05, 0) is 30.9 Å². The summed E-state index contributed by atoms with van der Waals surface area (Å²) in [5.74, 6) is 1.16. The second-order valence-corrected chi connectivity index (χ2v) is 7.27. The Balaban J connectivity index is 1.42. The molecule has 142 valence electrons. The summed E-state index contributed by atoms with van der Waals surface area (Å²) < 4.78 is 6.07. The largest absolute Gasteiger partial charge is 0.489 e. The Morgan fingerprint density at radius 1 is 1.33 bits per heavy atom. The first-order valence-electron chi connectivity index (χ1n) is 9.47. The number of fused-ring (bicyclic) bond motifs is 1. The molecule has 1 saturated carbocycles. The number of amides is 2. The number of nitrogens with one attached hydrogen (secondary N) is 2. The lowest BCUT2D eigenvalue weighted by Gasteiger charge is -2.31. The van der Waals surface area contributed by atoms with Gasteiger partial charge in [-0.3, -0.25) is 9.59 Å².